The average Bonchev–Trinajstić information content (AvgIpc) is 2.76. The topological polar surface area (TPSA) is 21.7 Å². The molecular weight excluding hydrogens is 391 g/mol. The van der Waals surface area contributed by atoms with Crippen LogP contribution in [0.15, 0.2) is 60.7 Å². The summed E-state index contributed by atoms with van der Waals surface area (Å²) in [7, 11) is 3.18. The van der Waals surface area contributed by atoms with Gasteiger partial charge in [0.05, 0.1) is 19.9 Å². The molecule has 0 atom stereocenters. The van der Waals surface area contributed by atoms with Crippen molar-refractivity contribution in [3.63, 3.8) is 0 Å². The zero-order chi connectivity index (χ0) is 21.7. The number of nitrogens with zero attached hydrogens (tertiary/aromatic N) is 1. The second-order valence-corrected chi connectivity index (χ2v) is 6.97. The van der Waals surface area contributed by atoms with Gasteiger partial charge in [-0.3, -0.25) is 0 Å². The minimum Gasteiger partial charge on any atom is -0.497 e. The van der Waals surface area contributed by atoms with Gasteiger partial charge in [-0.05, 0) is 53.9 Å². The molecule has 3 nitrogen and oxygen atoms in total. The normalized spacial score (nSPS) is 10.9. The summed E-state index contributed by atoms with van der Waals surface area (Å²) in [5.41, 5.74) is 1.85. The highest BCUT2D eigenvalue weighted by molar-refractivity contribution is 5.54. The van der Waals surface area contributed by atoms with Crippen LogP contribution in [0.1, 0.15) is 28.7 Å². The number of hydrogen-bond acceptors (Lipinski definition) is 3. The summed E-state index contributed by atoms with van der Waals surface area (Å²) in [6, 6.07) is 17.7. The van der Waals surface area contributed by atoms with Crippen molar-refractivity contribution in [2.45, 2.75) is 26.4 Å². The van der Waals surface area contributed by atoms with Crippen LogP contribution in [0.25, 0.3) is 0 Å². The molecule has 0 saturated carbocycles. The third-order valence-electron chi connectivity index (χ3n) is 5.05. The Bertz CT molecular complexity index is 923. The third kappa shape index (κ3) is 4.87. The van der Waals surface area contributed by atoms with Gasteiger partial charge in [-0.15, -0.1) is 0 Å². The van der Waals surface area contributed by atoms with Crippen LogP contribution in [-0.4, -0.2) is 14.2 Å². The van der Waals surface area contributed by atoms with Gasteiger partial charge in [-0.25, -0.2) is 13.2 Å². The smallest absolute Gasteiger partial charge is 0.264 e. The van der Waals surface area contributed by atoms with Crippen LogP contribution in [-0.2, 0) is 13.1 Å². The molecule has 0 amide bonds. The molecule has 3 rings (SSSR count). The predicted molar refractivity (Wildman–Crippen MR) is 112 cm³/mol. The Morgan fingerprint density at radius 3 is 1.63 bits per heavy atom. The standard InChI is InChI=1S/C24H24F3NO2/c1-16-21(24(26)27)12-13-22(23(16)25)28(14-17-4-8-19(29-2)9-5-17)15-18-6-10-20(30-3)11-7-18/h4-13,24H,14-15H2,1-3H3. The molecule has 0 unspecified atom stereocenters. The van der Waals surface area contributed by atoms with E-state index in [0.717, 1.165) is 22.6 Å². The van der Waals surface area contributed by atoms with Crippen molar-refractivity contribution in [3.8, 4) is 11.5 Å². The predicted octanol–water partition coefficient (Wildman–Crippen LogP) is 6.30. The monoisotopic (exact) mass is 415 g/mol. The van der Waals surface area contributed by atoms with Crippen molar-refractivity contribution in [1.29, 1.82) is 0 Å². The zero-order valence-corrected chi connectivity index (χ0v) is 17.2. The molecule has 0 aliphatic heterocycles. The highest BCUT2D eigenvalue weighted by atomic mass is 19.3. The fourth-order valence-electron chi connectivity index (χ4n) is 3.30. The Hall–Kier alpha value is -3.15. The number of anilines is 1. The van der Waals surface area contributed by atoms with E-state index in [2.05, 4.69) is 0 Å². The van der Waals surface area contributed by atoms with Crippen molar-refractivity contribution in [1.82, 2.24) is 0 Å². The molecule has 0 fully saturated rings. The van der Waals surface area contributed by atoms with Crippen LogP contribution in [0, 0.1) is 12.7 Å². The first-order valence-electron chi connectivity index (χ1n) is 9.51. The highest BCUT2D eigenvalue weighted by Crippen LogP contribution is 2.32. The first kappa shape index (κ1) is 21.6. The van der Waals surface area contributed by atoms with E-state index in [1.165, 1.54) is 19.1 Å². The SMILES string of the molecule is COc1ccc(CN(Cc2ccc(OC)cc2)c2ccc(C(F)F)c(C)c2F)cc1. The molecule has 3 aromatic carbocycles. The summed E-state index contributed by atoms with van der Waals surface area (Å²) < 4.78 is 51.8. The van der Waals surface area contributed by atoms with E-state index in [9.17, 15) is 8.78 Å². The molecule has 30 heavy (non-hydrogen) atoms. The third-order valence-corrected chi connectivity index (χ3v) is 5.05. The molecule has 0 aliphatic rings. The molecular formula is C24H24F3NO2. The van der Waals surface area contributed by atoms with Crippen LogP contribution < -0.4 is 14.4 Å². The van der Waals surface area contributed by atoms with Crippen molar-refractivity contribution >= 4 is 5.69 Å². The highest BCUT2D eigenvalue weighted by Gasteiger charge is 2.20. The van der Waals surface area contributed by atoms with E-state index in [0.29, 0.717) is 13.1 Å². The number of ether oxygens (including phenoxy) is 2. The molecule has 3 aromatic rings. The number of hydrogen-bond donors (Lipinski definition) is 0. The molecule has 0 saturated heterocycles. The van der Waals surface area contributed by atoms with E-state index < -0.39 is 12.2 Å². The summed E-state index contributed by atoms with van der Waals surface area (Å²) >= 11 is 0. The van der Waals surface area contributed by atoms with Gasteiger partial charge in [0.2, 0.25) is 0 Å². The van der Waals surface area contributed by atoms with E-state index in [1.54, 1.807) is 14.2 Å². The Kier molecular flexibility index (Phi) is 6.87. The Balaban J connectivity index is 1.96. The van der Waals surface area contributed by atoms with Crippen LogP contribution in [0.5, 0.6) is 11.5 Å². The quantitative estimate of drug-likeness (QED) is 0.431. The lowest BCUT2D eigenvalue weighted by Crippen LogP contribution is -2.23. The molecule has 0 radical (unpaired) electrons. The number of rotatable bonds is 8. The summed E-state index contributed by atoms with van der Waals surface area (Å²) in [5, 5.41) is 0. The first-order valence-corrected chi connectivity index (χ1v) is 9.51. The number of alkyl halides is 2. The fourth-order valence-corrected chi connectivity index (χ4v) is 3.30. The summed E-state index contributed by atoms with van der Waals surface area (Å²) in [4.78, 5) is 1.83. The van der Waals surface area contributed by atoms with E-state index >= 15 is 4.39 Å². The van der Waals surface area contributed by atoms with E-state index in [4.69, 9.17) is 9.47 Å². The van der Waals surface area contributed by atoms with Crippen molar-refractivity contribution in [2.24, 2.45) is 0 Å². The van der Waals surface area contributed by atoms with Gasteiger partial charge in [0.1, 0.15) is 17.3 Å². The molecule has 0 heterocycles. The Labute approximate surface area is 174 Å². The average molecular weight is 415 g/mol. The Morgan fingerprint density at radius 1 is 0.767 bits per heavy atom. The maximum absolute atomic E-state index is 15.1. The van der Waals surface area contributed by atoms with E-state index in [1.807, 2.05) is 53.4 Å². The first-order chi connectivity index (χ1) is 14.4. The summed E-state index contributed by atoms with van der Waals surface area (Å²) in [6.45, 7) is 2.19. The largest absolute Gasteiger partial charge is 0.497 e. The number of benzene rings is 3. The van der Waals surface area contributed by atoms with Gasteiger partial charge in [0.15, 0.2) is 0 Å². The van der Waals surface area contributed by atoms with Gasteiger partial charge in [0.25, 0.3) is 6.43 Å². The molecule has 158 valence electrons. The second-order valence-electron chi connectivity index (χ2n) is 6.97. The van der Waals surface area contributed by atoms with Gasteiger partial charge in [0, 0.05) is 18.7 Å². The maximum Gasteiger partial charge on any atom is 0.264 e. The van der Waals surface area contributed by atoms with Crippen molar-refractivity contribution < 1.29 is 22.6 Å². The maximum atomic E-state index is 15.1. The number of halogens is 3. The number of methoxy groups -OCH3 is 2. The minimum absolute atomic E-state index is 0.0306. The lowest BCUT2D eigenvalue weighted by atomic mass is 10.1. The molecule has 0 bridgehead atoms. The minimum atomic E-state index is -2.72. The van der Waals surface area contributed by atoms with Gasteiger partial charge in [-0.2, -0.15) is 0 Å². The van der Waals surface area contributed by atoms with Crippen LogP contribution in [0.3, 0.4) is 0 Å². The van der Waals surface area contributed by atoms with E-state index in [-0.39, 0.29) is 16.8 Å². The molecule has 0 aromatic heterocycles. The van der Waals surface area contributed by atoms with Crippen LogP contribution in [0.4, 0.5) is 18.9 Å². The van der Waals surface area contributed by atoms with Crippen molar-refractivity contribution in [3.05, 3.63) is 88.7 Å². The van der Waals surface area contributed by atoms with Gasteiger partial charge < -0.3 is 14.4 Å². The second kappa shape index (κ2) is 9.57. The van der Waals surface area contributed by atoms with Crippen LogP contribution in [0.2, 0.25) is 0 Å². The van der Waals surface area contributed by atoms with Gasteiger partial charge >= 0.3 is 0 Å². The molecule has 0 spiro atoms. The summed E-state index contributed by atoms with van der Waals surface area (Å²) in [6.07, 6.45) is -2.72. The lowest BCUT2D eigenvalue weighted by molar-refractivity contribution is 0.150. The molecule has 0 N–H and O–H groups in total. The lowest BCUT2D eigenvalue weighted by Gasteiger charge is -2.27. The van der Waals surface area contributed by atoms with Gasteiger partial charge in [-0.1, -0.05) is 30.3 Å². The summed E-state index contributed by atoms with van der Waals surface area (Å²) in [5.74, 6) is 0.822. The molecule has 6 heteroatoms. The van der Waals surface area contributed by atoms with Crippen molar-refractivity contribution in [2.75, 3.05) is 19.1 Å². The van der Waals surface area contributed by atoms with Crippen LogP contribution >= 0.6 is 0 Å². The zero-order valence-electron chi connectivity index (χ0n) is 17.2. The Morgan fingerprint density at radius 2 is 1.23 bits per heavy atom. The molecule has 0 aliphatic carbocycles. The fraction of sp³-hybridized carbons (Fsp3) is 0.250.